The molecule has 0 aliphatic carbocycles. The average molecular weight is 1450 g/mol. The van der Waals surface area contributed by atoms with Gasteiger partial charge in [-0.3, -0.25) is 19.4 Å². The minimum atomic E-state index is -0.850. The maximum atomic E-state index is 12.9. The number of esters is 2. The van der Waals surface area contributed by atoms with Crippen LogP contribution >= 0.6 is 0 Å². The van der Waals surface area contributed by atoms with Crippen LogP contribution in [0.1, 0.15) is 235 Å². The lowest BCUT2D eigenvalue weighted by molar-refractivity contribution is -0.147. The molecule has 0 spiro atoms. The topological polar surface area (TPSA) is 232 Å². The van der Waals surface area contributed by atoms with Crippen molar-refractivity contribution in [2.45, 2.75) is 252 Å². The third-order valence-electron chi connectivity index (χ3n) is 15.4. The van der Waals surface area contributed by atoms with Gasteiger partial charge in [0.15, 0.2) is 0 Å². The molecule has 1 unspecified atom stereocenters. The fourth-order valence-electron chi connectivity index (χ4n) is 9.82. The van der Waals surface area contributed by atoms with Gasteiger partial charge in [0.1, 0.15) is 43.6 Å². The van der Waals surface area contributed by atoms with Crippen molar-refractivity contribution in [2.24, 2.45) is 0 Å². The molecule has 23 heteroatoms. The average Bonchev–Trinajstić information content (AvgIpc) is 1.01. The Labute approximate surface area is 613 Å². The summed E-state index contributed by atoms with van der Waals surface area (Å²) in [4.78, 5) is 53.0. The SMILES string of the molecule is CCCCCCCC/C=C\CCCCCCCCOCC(COCCOCCOCCOCCOCCOCCOCCOCCOCCOCCOC(=O)CN(CCOC(=O)CN(CCOC)C(=O)OC(C)(C)C)C(=O)OC(C)(C)C)OCCCCCCCC/C=C\CCCCCCCC. The standard InChI is InChI=1S/C78H148N2O21/c1-10-12-14-16-18-20-22-24-26-28-30-32-34-36-38-40-44-95-70-72(97-45-41-39-37-35-33-31-29-27-25-23-21-19-17-15-13-11-2)71-96-65-64-93-61-60-91-57-56-89-53-52-87-49-48-86-50-51-88-54-55-90-58-59-92-62-63-94-66-67-99-74(82)69-80(76(84)101-78(6,7)8)43-47-98-73(81)68-79(42-46-85-9)75(83)100-77(3,4)5/h24-27,72H,10-23,28-71H2,1-9H3/b26-24-,27-25-. The third kappa shape index (κ3) is 75.9. The first-order chi connectivity index (χ1) is 49.1. The summed E-state index contributed by atoms with van der Waals surface area (Å²) in [6.07, 6.45) is 44.3. The second-order valence-corrected chi connectivity index (χ2v) is 27.3. The number of nitrogens with zero attached hydrogens (tertiary/aromatic N) is 2. The molecule has 0 heterocycles. The van der Waals surface area contributed by atoms with E-state index in [-0.39, 0.29) is 52.2 Å². The lowest BCUT2D eigenvalue weighted by Crippen LogP contribution is -2.43. The summed E-state index contributed by atoms with van der Waals surface area (Å²) in [6.45, 7) is 24.1. The van der Waals surface area contributed by atoms with Crippen LogP contribution in [0.25, 0.3) is 0 Å². The lowest BCUT2D eigenvalue weighted by Gasteiger charge is -2.27. The fraction of sp³-hybridized carbons (Fsp3) is 0.897. The molecule has 596 valence electrons. The zero-order valence-corrected chi connectivity index (χ0v) is 65.4. The zero-order valence-electron chi connectivity index (χ0n) is 65.4. The van der Waals surface area contributed by atoms with Gasteiger partial charge >= 0.3 is 24.1 Å². The number of carbonyl (C=O) groups excluding carboxylic acids is 4. The number of amides is 2. The summed E-state index contributed by atoms with van der Waals surface area (Å²) < 4.78 is 95.2. The molecular weight excluding hydrogens is 1300 g/mol. The highest BCUT2D eigenvalue weighted by Crippen LogP contribution is 2.15. The summed E-state index contributed by atoms with van der Waals surface area (Å²) in [5.74, 6) is -1.45. The van der Waals surface area contributed by atoms with Crippen LogP contribution in [0.15, 0.2) is 24.3 Å². The molecule has 0 bridgehead atoms. The molecule has 0 N–H and O–H groups in total. The van der Waals surface area contributed by atoms with Crippen LogP contribution in [0, 0.1) is 0 Å². The van der Waals surface area contributed by atoms with E-state index in [9.17, 15) is 19.2 Å². The molecule has 0 aromatic carbocycles. The van der Waals surface area contributed by atoms with Gasteiger partial charge in [0.05, 0.1) is 152 Å². The predicted octanol–water partition coefficient (Wildman–Crippen LogP) is 14.8. The van der Waals surface area contributed by atoms with Gasteiger partial charge < -0.3 is 80.5 Å². The van der Waals surface area contributed by atoms with E-state index < -0.39 is 48.4 Å². The molecular formula is C78H148N2O21. The molecule has 0 radical (unpaired) electrons. The number of hydrogen-bond acceptors (Lipinski definition) is 21. The Balaban J connectivity index is 4.02. The van der Waals surface area contributed by atoms with Crippen LogP contribution in [0.4, 0.5) is 9.59 Å². The summed E-state index contributed by atoms with van der Waals surface area (Å²) in [5, 5.41) is 0. The number of hydrogen-bond donors (Lipinski definition) is 0. The Morgan fingerprint density at radius 3 is 0.901 bits per heavy atom. The van der Waals surface area contributed by atoms with Crippen molar-refractivity contribution in [3.63, 3.8) is 0 Å². The number of allylic oxidation sites excluding steroid dienone is 4. The molecule has 1 atom stereocenters. The Hall–Kier alpha value is -3.56. The first kappa shape index (κ1) is 97.4. The Kier molecular flexibility index (Phi) is 72.1. The highest BCUT2D eigenvalue weighted by atomic mass is 16.6. The minimum Gasteiger partial charge on any atom is -0.462 e. The summed E-state index contributed by atoms with van der Waals surface area (Å²) in [6, 6.07) is 0. The quantitative estimate of drug-likeness (QED) is 0.0238. The van der Waals surface area contributed by atoms with E-state index in [1.807, 2.05) is 0 Å². The molecule has 0 aromatic rings. The first-order valence-electron chi connectivity index (χ1n) is 39.1. The maximum absolute atomic E-state index is 12.9. The van der Waals surface area contributed by atoms with Crippen LogP contribution < -0.4 is 0 Å². The monoisotopic (exact) mass is 1450 g/mol. The van der Waals surface area contributed by atoms with Gasteiger partial charge in [-0.05, 0) is 106 Å². The van der Waals surface area contributed by atoms with Crippen LogP contribution in [-0.2, 0) is 90.1 Å². The van der Waals surface area contributed by atoms with Gasteiger partial charge in [-0.15, -0.1) is 0 Å². The minimum absolute atomic E-state index is 0.0596. The summed E-state index contributed by atoms with van der Waals surface area (Å²) in [5.41, 5.74) is -1.62. The Morgan fingerprint density at radius 1 is 0.307 bits per heavy atom. The molecule has 23 nitrogen and oxygen atoms in total. The highest BCUT2D eigenvalue weighted by Gasteiger charge is 2.27. The molecule has 0 aromatic heterocycles. The smallest absolute Gasteiger partial charge is 0.410 e. The molecule has 0 saturated carbocycles. The number of ether oxygens (including phenoxy) is 17. The van der Waals surface area contributed by atoms with E-state index in [0.29, 0.717) is 126 Å². The van der Waals surface area contributed by atoms with Crippen molar-refractivity contribution in [2.75, 3.05) is 205 Å². The first-order valence-corrected chi connectivity index (χ1v) is 39.1. The van der Waals surface area contributed by atoms with Crippen molar-refractivity contribution in [3.05, 3.63) is 24.3 Å². The van der Waals surface area contributed by atoms with Crippen LogP contribution in [0.2, 0.25) is 0 Å². The van der Waals surface area contributed by atoms with Crippen molar-refractivity contribution >= 4 is 24.1 Å². The number of carbonyl (C=O) groups is 4. The maximum Gasteiger partial charge on any atom is 0.410 e. The van der Waals surface area contributed by atoms with E-state index in [1.165, 1.54) is 174 Å². The van der Waals surface area contributed by atoms with E-state index in [0.717, 1.165) is 35.9 Å². The molecule has 0 fully saturated rings. The molecule has 2 amide bonds. The highest BCUT2D eigenvalue weighted by molar-refractivity contribution is 5.79. The van der Waals surface area contributed by atoms with Gasteiger partial charge in [0.25, 0.3) is 0 Å². The molecule has 0 aliphatic rings. The number of unbranched alkanes of at least 4 members (excludes halogenated alkanes) is 24. The van der Waals surface area contributed by atoms with Crippen molar-refractivity contribution in [3.8, 4) is 0 Å². The fourth-order valence-corrected chi connectivity index (χ4v) is 9.82. The van der Waals surface area contributed by atoms with Gasteiger partial charge in [0.2, 0.25) is 0 Å². The number of rotatable bonds is 77. The van der Waals surface area contributed by atoms with Crippen molar-refractivity contribution < 1.29 is 99.7 Å². The normalized spacial score (nSPS) is 12.3. The van der Waals surface area contributed by atoms with Gasteiger partial charge in [-0.2, -0.15) is 0 Å². The second-order valence-electron chi connectivity index (χ2n) is 27.3. The van der Waals surface area contributed by atoms with E-state index in [4.69, 9.17) is 80.5 Å². The van der Waals surface area contributed by atoms with Crippen LogP contribution in [0.3, 0.4) is 0 Å². The van der Waals surface area contributed by atoms with Gasteiger partial charge in [-0.25, -0.2) is 9.59 Å². The molecule has 0 rings (SSSR count). The third-order valence-corrected chi connectivity index (χ3v) is 15.4. The summed E-state index contributed by atoms with van der Waals surface area (Å²) in [7, 11) is 1.47. The van der Waals surface area contributed by atoms with E-state index in [2.05, 4.69) is 38.2 Å². The van der Waals surface area contributed by atoms with E-state index in [1.54, 1.807) is 41.5 Å². The Morgan fingerprint density at radius 2 is 0.574 bits per heavy atom. The largest absolute Gasteiger partial charge is 0.462 e. The van der Waals surface area contributed by atoms with Crippen molar-refractivity contribution in [1.82, 2.24) is 9.80 Å². The molecule has 0 saturated heterocycles. The van der Waals surface area contributed by atoms with Gasteiger partial charge in [-0.1, -0.05) is 154 Å². The van der Waals surface area contributed by atoms with Crippen LogP contribution in [0.5, 0.6) is 0 Å². The lowest BCUT2D eigenvalue weighted by atomic mass is 10.1. The number of methoxy groups -OCH3 is 1. The van der Waals surface area contributed by atoms with E-state index >= 15 is 0 Å². The van der Waals surface area contributed by atoms with Crippen LogP contribution in [-0.4, -0.2) is 256 Å². The van der Waals surface area contributed by atoms with Crippen molar-refractivity contribution in [1.29, 1.82) is 0 Å². The predicted molar refractivity (Wildman–Crippen MR) is 397 cm³/mol. The zero-order chi connectivity index (χ0) is 73.9. The summed E-state index contributed by atoms with van der Waals surface area (Å²) >= 11 is 0. The Bertz CT molecular complexity index is 1870. The second kappa shape index (κ2) is 74.7. The molecule has 0 aliphatic heterocycles. The molecule has 101 heavy (non-hydrogen) atoms. The van der Waals surface area contributed by atoms with Gasteiger partial charge in [0, 0.05) is 26.9 Å².